The van der Waals surface area contributed by atoms with Gasteiger partial charge in [-0.1, -0.05) is 30.4 Å². The fourth-order valence-electron chi connectivity index (χ4n) is 5.01. The molecule has 1 heterocycles. The molecule has 3 aliphatic rings. The van der Waals surface area contributed by atoms with Crippen LogP contribution in [-0.4, -0.2) is 11.8 Å². The van der Waals surface area contributed by atoms with Crippen LogP contribution in [0.2, 0.25) is 0 Å². The van der Waals surface area contributed by atoms with E-state index in [-0.39, 0.29) is 29.6 Å². The molecule has 0 radical (unpaired) electrons. The van der Waals surface area contributed by atoms with Crippen molar-refractivity contribution in [3.05, 3.63) is 66.2 Å². The number of amides is 2. The third-order valence-electron chi connectivity index (χ3n) is 6.53. The molecule has 1 saturated carbocycles. The summed E-state index contributed by atoms with van der Waals surface area (Å²) in [5.41, 5.74) is 1.08. The molecule has 27 heavy (non-hydrogen) atoms. The van der Waals surface area contributed by atoms with Crippen molar-refractivity contribution in [2.24, 2.45) is 23.2 Å². The zero-order valence-corrected chi connectivity index (χ0v) is 15.4. The fraction of sp³-hybridized carbons (Fsp3) is 0.304. The molecule has 0 spiro atoms. The van der Waals surface area contributed by atoms with E-state index in [1.54, 1.807) is 12.1 Å². The number of hydrogen-bond donors (Lipinski definition) is 0. The smallest absolute Gasteiger partial charge is 0.241 e. The van der Waals surface area contributed by atoms with E-state index >= 15 is 0 Å². The number of ether oxygens (including phenoxy) is 1. The van der Waals surface area contributed by atoms with Crippen LogP contribution in [0, 0.1) is 30.1 Å². The number of carbonyl (C=O) groups excluding carboxylic acids is 2. The molecule has 4 atom stereocenters. The van der Waals surface area contributed by atoms with Crippen LogP contribution in [0.5, 0.6) is 11.5 Å². The molecule has 2 bridgehead atoms. The van der Waals surface area contributed by atoms with E-state index in [0.29, 0.717) is 11.4 Å². The Bertz CT molecular complexity index is 977. The van der Waals surface area contributed by atoms with Gasteiger partial charge in [-0.05, 0) is 68.0 Å². The number of aryl methyl sites for hydroxylation is 1. The van der Waals surface area contributed by atoms with Crippen molar-refractivity contribution in [1.82, 2.24) is 0 Å². The Balaban J connectivity index is 1.42. The van der Waals surface area contributed by atoms with Gasteiger partial charge in [-0.15, -0.1) is 0 Å². The van der Waals surface area contributed by atoms with Gasteiger partial charge in [-0.25, -0.2) is 4.90 Å². The van der Waals surface area contributed by atoms with Gasteiger partial charge < -0.3 is 4.74 Å². The summed E-state index contributed by atoms with van der Waals surface area (Å²) >= 11 is 0. The molecule has 1 aliphatic heterocycles. The van der Waals surface area contributed by atoms with Gasteiger partial charge in [0.05, 0.1) is 17.0 Å². The van der Waals surface area contributed by atoms with E-state index in [0.717, 1.165) is 17.7 Å². The maximum Gasteiger partial charge on any atom is 0.241 e. The summed E-state index contributed by atoms with van der Waals surface area (Å²) < 4.78 is 5.92. The number of benzene rings is 2. The fourth-order valence-corrected chi connectivity index (χ4v) is 5.01. The second kappa shape index (κ2) is 5.56. The average Bonchev–Trinajstić information content (AvgIpc) is 3.30. The van der Waals surface area contributed by atoms with Crippen LogP contribution in [-0.2, 0) is 9.59 Å². The number of rotatable bonds is 3. The third kappa shape index (κ3) is 2.16. The average molecular weight is 359 g/mol. The Morgan fingerprint density at radius 1 is 1.04 bits per heavy atom. The molecule has 0 N–H and O–H groups in total. The first-order valence-electron chi connectivity index (χ1n) is 9.40. The largest absolute Gasteiger partial charge is 0.457 e. The van der Waals surface area contributed by atoms with E-state index in [2.05, 4.69) is 12.2 Å². The van der Waals surface area contributed by atoms with Crippen molar-refractivity contribution in [3.8, 4) is 11.5 Å². The van der Waals surface area contributed by atoms with Crippen LogP contribution in [0.25, 0.3) is 0 Å². The number of allylic oxidation sites excluding steroid dienone is 2. The minimum atomic E-state index is -0.590. The van der Waals surface area contributed by atoms with Gasteiger partial charge in [0.15, 0.2) is 0 Å². The summed E-state index contributed by atoms with van der Waals surface area (Å²) in [6.45, 7) is 3.95. The predicted octanol–water partition coefficient (Wildman–Crippen LogP) is 4.49. The first kappa shape index (κ1) is 16.3. The van der Waals surface area contributed by atoms with Crippen molar-refractivity contribution in [1.29, 1.82) is 0 Å². The number of hydrogen-bond acceptors (Lipinski definition) is 3. The molecular formula is C23H21NO3. The van der Waals surface area contributed by atoms with E-state index in [9.17, 15) is 9.59 Å². The second-order valence-electron chi connectivity index (χ2n) is 7.99. The summed E-state index contributed by atoms with van der Waals surface area (Å²) in [6.07, 6.45) is 5.16. The van der Waals surface area contributed by atoms with E-state index in [1.807, 2.05) is 50.2 Å². The Morgan fingerprint density at radius 2 is 1.78 bits per heavy atom. The normalized spacial score (nSPS) is 30.9. The first-order chi connectivity index (χ1) is 13.0. The Morgan fingerprint density at radius 3 is 2.48 bits per heavy atom. The van der Waals surface area contributed by atoms with Gasteiger partial charge in [0.2, 0.25) is 11.8 Å². The lowest BCUT2D eigenvalue weighted by Gasteiger charge is -2.28. The predicted molar refractivity (Wildman–Crippen MR) is 103 cm³/mol. The number of fused-ring (bicyclic) bond motifs is 5. The van der Waals surface area contributed by atoms with Crippen molar-refractivity contribution < 1.29 is 14.3 Å². The number of para-hydroxylation sites is 1. The van der Waals surface area contributed by atoms with Crippen molar-refractivity contribution in [3.63, 3.8) is 0 Å². The van der Waals surface area contributed by atoms with Gasteiger partial charge in [0.25, 0.3) is 0 Å². The standard InChI is InChI=1S/C23H21NO3/c1-14-5-3-4-6-19(14)27-18-11-9-17(10-12-18)24-21(25)20-15-7-8-16(13-15)23(20,2)22(24)26/h3-12,15-16,20H,13H2,1-2H3. The lowest BCUT2D eigenvalue weighted by molar-refractivity contribution is -0.127. The second-order valence-corrected chi connectivity index (χ2v) is 7.99. The minimum absolute atomic E-state index is 0.0630. The highest BCUT2D eigenvalue weighted by Crippen LogP contribution is 2.60. The van der Waals surface area contributed by atoms with Gasteiger partial charge in [-0.3, -0.25) is 9.59 Å². The van der Waals surface area contributed by atoms with Crippen molar-refractivity contribution in [2.75, 3.05) is 4.90 Å². The molecule has 2 amide bonds. The monoisotopic (exact) mass is 359 g/mol. The summed E-state index contributed by atoms with van der Waals surface area (Å²) in [4.78, 5) is 27.6. The van der Waals surface area contributed by atoms with Gasteiger partial charge in [-0.2, -0.15) is 0 Å². The third-order valence-corrected chi connectivity index (χ3v) is 6.53. The Hall–Kier alpha value is -2.88. The molecule has 5 rings (SSSR count). The molecule has 2 fully saturated rings. The number of anilines is 1. The lowest BCUT2D eigenvalue weighted by atomic mass is 9.71. The highest BCUT2D eigenvalue weighted by atomic mass is 16.5. The molecule has 1 saturated heterocycles. The molecular weight excluding hydrogens is 338 g/mol. The van der Waals surface area contributed by atoms with Crippen LogP contribution in [0.3, 0.4) is 0 Å². The van der Waals surface area contributed by atoms with Crippen LogP contribution < -0.4 is 9.64 Å². The zero-order valence-electron chi connectivity index (χ0n) is 15.4. The Labute approximate surface area is 158 Å². The highest BCUT2D eigenvalue weighted by Gasteiger charge is 2.67. The highest BCUT2D eigenvalue weighted by molar-refractivity contribution is 6.24. The molecule has 4 heteroatoms. The molecule has 4 nitrogen and oxygen atoms in total. The lowest BCUT2D eigenvalue weighted by Crippen LogP contribution is -2.37. The van der Waals surface area contributed by atoms with E-state index in [1.165, 1.54) is 4.90 Å². The van der Waals surface area contributed by atoms with Crippen molar-refractivity contribution >= 4 is 17.5 Å². The summed E-state index contributed by atoms with van der Waals surface area (Å²) in [7, 11) is 0. The van der Waals surface area contributed by atoms with Crippen LogP contribution in [0.1, 0.15) is 18.9 Å². The molecule has 2 aromatic rings. The number of nitrogens with zero attached hydrogens (tertiary/aromatic N) is 1. The van der Waals surface area contributed by atoms with Gasteiger partial charge >= 0.3 is 0 Å². The van der Waals surface area contributed by atoms with Crippen LogP contribution >= 0.6 is 0 Å². The quantitative estimate of drug-likeness (QED) is 0.599. The Kier molecular flexibility index (Phi) is 3.36. The van der Waals surface area contributed by atoms with E-state index in [4.69, 9.17) is 4.74 Å². The molecule has 2 aliphatic carbocycles. The number of imide groups is 1. The molecule has 0 aromatic heterocycles. The zero-order chi connectivity index (χ0) is 18.8. The number of carbonyl (C=O) groups is 2. The topological polar surface area (TPSA) is 46.6 Å². The van der Waals surface area contributed by atoms with Crippen LogP contribution in [0.4, 0.5) is 5.69 Å². The van der Waals surface area contributed by atoms with Crippen LogP contribution in [0.15, 0.2) is 60.7 Å². The molecule has 136 valence electrons. The SMILES string of the molecule is Cc1ccccc1Oc1ccc(N2C(=O)C3C4C=CC(C4)C3(C)C2=O)cc1. The summed E-state index contributed by atoms with van der Waals surface area (Å²) in [6, 6.07) is 15.0. The maximum atomic E-state index is 13.2. The van der Waals surface area contributed by atoms with Gasteiger partial charge in [0, 0.05) is 0 Å². The van der Waals surface area contributed by atoms with Gasteiger partial charge in [0.1, 0.15) is 11.5 Å². The van der Waals surface area contributed by atoms with E-state index < -0.39 is 5.41 Å². The van der Waals surface area contributed by atoms with Crippen molar-refractivity contribution in [2.45, 2.75) is 20.3 Å². The minimum Gasteiger partial charge on any atom is -0.457 e. The summed E-state index contributed by atoms with van der Waals surface area (Å²) in [5, 5.41) is 0. The first-order valence-corrected chi connectivity index (χ1v) is 9.40. The molecule has 2 aromatic carbocycles. The summed E-state index contributed by atoms with van der Waals surface area (Å²) in [5.74, 6) is 1.50. The molecule has 4 unspecified atom stereocenters. The maximum absolute atomic E-state index is 13.2.